The second-order valence-electron chi connectivity index (χ2n) is 2.52. The van der Waals surface area contributed by atoms with E-state index in [1.807, 2.05) is 26.8 Å². The molecule has 0 rings (SSSR count). The lowest BCUT2D eigenvalue weighted by molar-refractivity contribution is 0.173. The van der Waals surface area contributed by atoms with Crippen LogP contribution in [0.5, 0.6) is 0 Å². The normalized spacial score (nSPS) is 11.5. The second-order valence-corrected chi connectivity index (χ2v) is 2.52. The number of ether oxygens (including phenoxy) is 1. The number of amides is 1. The summed E-state index contributed by atoms with van der Waals surface area (Å²) < 4.78 is 4.44. The first-order valence-corrected chi connectivity index (χ1v) is 3.63. The molecule has 11 heavy (non-hydrogen) atoms. The molecule has 0 fully saturated rings. The van der Waals surface area contributed by atoms with Crippen LogP contribution in [0.1, 0.15) is 20.8 Å². The van der Waals surface area contributed by atoms with Crippen LogP contribution in [0.4, 0.5) is 4.79 Å². The molecule has 3 heteroatoms. The lowest BCUT2D eigenvalue weighted by atomic mass is 10.1. The Balaban J connectivity index is 4.00. The highest BCUT2D eigenvalue weighted by molar-refractivity contribution is 5.69. The molecule has 0 saturated carbocycles. The highest BCUT2D eigenvalue weighted by Crippen LogP contribution is 2.04. The van der Waals surface area contributed by atoms with Crippen molar-refractivity contribution >= 4 is 6.09 Å². The number of hydrogen-bond donors (Lipinski definition) is 1. The summed E-state index contributed by atoms with van der Waals surface area (Å²) in [6.07, 6.45) is 1.45. The molecule has 0 aliphatic carbocycles. The SMILES string of the molecule is C/C=C(/NC(=O)OC)C(C)C. The van der Waals surface area contributed by atoms with E-state index in [9.17, 15) is 4.79 Å². The lowest BCUT2D eigenvalue weighted by Crippen LogP contribution is -2.24. The molecular formula is C8H15NO2. The average Bonchev–Trinajstić information content (AvgIpc) is 1.99. The third-order valence-electron chi connectivity index (χ3n) is 1.36. The Bertz CT molecular complexity index is 161. The van der Waals surface area contributed by atoms with Crippen molar-refractivity contribution in [3.05, 3.63) is 11.8 Å². The minimum atomic E-state index is -0.410. The zero-order valence-electron chi connectivity index (χ0n) is 7.47. The molecule has 0 aromatic heterocycles. The van der Waals surface area contributed by atoms with Crippen LogP contribution in [0, 0.1) is 5.92 Å². The van der Waals surface area contributed by atoms with Gasteiger partial charge >= 0.3 is 6.09 Å². The first-order valence-electron chi connectivity index (χ1n) is 3.63. The zero-order chi connectivity index (χ0) is 8.85. The minimum Gasteiger partial charge on any atom is -0.453 e. The van der Waals surface area contributed by atoms with Crippen LogP contribution in [-0.2, 0) is 4.74 Å². The van der Waals surface area contributed by atoms with E-state index in [2.05, 4.69) is 10.1 Å². The maximum absolute atomic E-state index is 10.7. The first kappa shape index (κ1) is 10.0. The molecule has 0 aromatic carbocycles. The van der Waals surface area contributed by atoms with Crippen LogP contribution in [0.15, 0.2) is 11.8 Å². The van der Waals surface area contributed by atoms with Crippen LogP contribution in [0.3, 0.4) is 0 Å². The predicted octanol–water partition coefficient (Wildman–Crippen LogP) is 1.90. The Labute approximate surface area is 67.4 Å². The molecule has 0 aliphatic heterocycles. The fourth-order valence-electron chi connectivity index (χ4n) is 0.719. The molecule has 1 N–H and O–H groups in total. The maximum Gasteiger partial charge on any atom is 0.411 e. The van der Waals surface area contributed by atoms with Crippen molar-refractivity contribution in [1.29, 1.82) is 0 Å². The van der Waals surface area contributed by atoms with Gasteiger partial charge in [0, 0.05) is 5.70 Å². The molecule has 0 saturated heterocycles. The van der Waals surface area contributed by atoms with E-state index in [-0.39, 0.29) is 0 Å². The number of methoxy groups -OCH3 is 1. The zero-order valence-corrected chi connectivity index (χ0v) is 7.47. The van der Waals surface area contributed by atoms with Crippen molar-refractivity contribution in [1.82, 2.24) is 5.32 Å². The smallest absolute Gasteiger partial charge is 0.411 e. The maximum atomic E-state index is 10.7. The van der Waals surface area contributed by atoms with Crippen molar-refractivity contribution in [2.45, 2.75) is 20.8 Å². The molecule has 0 aliphatic rings. The standard InChI is InChI=1S/C8H15NO2/c1-5-7(6(2)3)9-8(10)11-4/h5-6H,1-4H3,(H,9,10)/b7-5+. The van der Waals surface area contributed by atoms with Gasteiger partial charge < -0.3 is 4.74 Å². The Morgan fingerprint density at radius 1 is 1.55 bits per heavy atom. The quantitative estimate of drug-likeness (QED) is 0.664. The Kier molecular flexibility index (Phi) is 4.34. The van der Waals surface area contributed by atoms with E-state index in [0.717, 1.165) is 5.70 Å². The largest absolute Gasteiger partial charge is 0.453 e. The Hall–Kier alpha value is -0.990. The van der Waals surface area contributed by atoms with E-state index in [4.69, 9.17) is 0 Å². The van der Waals surface area contributed by atoms with Gasteiger partial charge in [-0.2, -0.15) is 0 Å². The number of rotatable bonds is 2. The van der Waals surface area contributed by atoms with Crippen molar-refractivity contribution in [2.24, 2.45) is 5.92 Å². The van der Waals surface area contributed by atoms with Crippen LogP contribution in [0.2, 0.25) is 0 Å². The summed E-state index contributed by atoms with van der Waals surface area (Å²) in [5.74, 6) is 0.319. The summed E-state index contributed by atoms with van der Waals surface area (Å²) >= 11 is 0. The van der Waals surface area contributed by atoms with Gasteiger partial charge in [-0.25, -0.2) is 4.79 Å². The van der Waals surface area contributed by atoms with Crippen LogP contribution in [-0.4, -0.2) is 13.2 Å². The Morgan fingerprint density at radius 3 is 2.36 bits per heavy atom. The minimum absolute atomic E-state index is 0.319. The third kappa shape index (κ3) is 3.65. The summed E-state index contributed by atoms with van der Waals surface area (Å²) in [4.78, 5) is 10.7. The topological polar surface area (TPSA) is 38.3 Å². The van der Waals surface area contributed by atoms with Crippen molar-refractivity contribution in [3.63, 3.8) is 0 Å². The lowest BCUT2D eigenvalue weighted by Gasteiger charge is -2.10. The molecule has 0 spiro atoms. The van der Waals surface area contributed by atoms with Gasteiger partial charge in [0.25, 0.3) is 0 Å². The van der Waals surface area contributed by atoms with Gasteiger partial charge in [0.1, 0.15) is 0 Å². The number of alkyl carbamates (subject to hydrolysis) is 1. The van der Waals surface area contributed by atoms with Gasteiger partial charge in [-0.15, -0.1) is 0 Å². The van der Waals surface area contributed by atoms with E-state index >= 15 is 0 Å². The first-order chi connectivity index (χ1) is 5.11. The van der Waals surface area contributed by atoms with Crippen LogP contribution >= 0.6 is 0 Å². The number of carbonyl (C=O) groups excluding carboxylic acids is 1. The van der Waals surface area contributed by atoms with Crippen LogP contribution < -0.4 is 5.32 Å². The number of hydrogen-bond acceptors (Lipinski definition) is 2. The van der Waals surface area contributed by atoms with Crippen molar-refractivity contribution < 1.29 is 9.53 Å². The highest BCUT2D eigenvalue weighted by Gasteiger charge is 2.05. The van der Waals surface area contributed by atoms with E-state index in [0.29, 0.717) is 5.92 Å². The molecule has 1 amide bonds. The summed E-state index contributed by atoms with van der Waals surface area (Å²) in [7, 11) is 1.35. The third-order valence-corrected chi connectivity index (χ3v) is 1.36. The van der Waals surface area contributed by atoms with Crippen molar-refractivity contribution in [3.8, 4) is 0 Å². The van der Waals surface area contributed by atoms with Gasteiger partial charge in [0.2, 0.25) is 0 Å². The van der Waals surface area contributed by atoms with Crippen molar-refractivity contribution in [2.75, 3.05) is 7.11 Å². The number of allylic oxidation sites excluding steroid dienone is 2. The molecule has 0 atom stereocenters. The van der Waals surface area contributed by atoms with E-state index < -0.39 is 6.09 Å². The fraction of sp³-hybridized carbons (Fsp3) is 0.625. The summed E-state index contributed by atoms with van der Waals surface area (Å²) in [5.41, 5.74) is 0.886. The molecule has 0 bridgehead atoms. The fourth-order valence-corrected chi connectivity index (χ4v) is 0.719. The molecule has 0 radical (unpaired) electrons. The average molecular weight is 157 g/mol. The summed E-state index contributed by atoms with van der Waals surface area (Å²) in [5, 5.41) is 2.62. The highest BCUT2D eigenvalue weighted by atomic mass is 16.5. The molecular weight excluding hydrogens is 142 g/mol. The van der Waals surface area contributed by atoms with Gasteiger partial charge in [-0.05, 0) is 12.8 Å². The number of carbonyl (C=O) groups is 1. The van der Waals surface area contributed by atoms with Crippen LogP contribution in [0.25, 0.3) is 0 Å². The van der Waals surface area contributed by atoms with Gasteiger partial charge in [0.05, 0.1) is 7.11 Å². The second kappa shape index (κ2) is 4.77. The molecule has 64 valence electrons. The van der Waals surface area contributed by atoms with Gasteiger partial charge in [-0.1, -0.05) is 19.9 Å². The molecule has 0 heterocycles. The number of nitrogens with one attached hydrogen (secondary N) is 1. The summed E-state index contributed by atoms with van der Waals surface area (Å²) in [6.45, 7) is 5.89. The molecule has 3 nitrogen and oxygen atoms in total. The van der Waals surface area contributed by atoms with Gasteiger partial charge in [-0.3, -0.25) is 5.32 Å². The van der Waals surface area contributed by atoms with E-state index in [1.165, 1.54) is 7.11 Å². The molecule has 0 unspecified atom stereocenters. The predicted molar refractivity (Wildman–Crippen MR) is 44.1 cm³/mol. The van der Waals surface area contributed by atoms with Gasteiger partial charge in [0.15, 0.2) is 0 Å². The Morgan fingerprint density at radius 2 is 2.09 bits per heavy atom. The summed E-state index contributed by atoms with van der Waals surface area (Å²) in [6, 6.07) is 0. The molecule has 0 aromatic rings. The van der Waals surface area contributed by atoms with E-state index in [1.54, 1.807) is 0 Å². The monoisotopic (exact) mass is 157 g/mol.